The lowest BCUT2D eigenvalue weighted by atomic mass is 10.2. The average molecular weight is 216 g/mol. The highest BCUT2D eigenvalue weighted by Gasteiger charge is 2.20. The van der Waals surface area contributed by atoms with Crippen molar-refractivity contribution in [3.05, 3.63) is 20.3 Å². The predicted octanol–water partition coefficient (Wildman–Crippen LogP) is 2.65. The highest BCUT2D eigenvalue weighted by atomic mass is 35.5. The lowest BCUT2D eigenvalue weighted by Crippen LogP contribution is -2.09. The first-order chi connectivity index (χ1) is 6.33. The van der Waals surface area contributed by atoms with Gasteiger partial charge in [0.05, 0.1) is 5.02 Å². The number of nitrogens with one attached hydrogen (secondary N) is 1. The Kier molecular flexibility index (Phi) is 2.92. The second kappa shape index (κ2) is 3.99. The van der Waals surface area contributed by atoms with Gasteiger partial charge in [-0.15, -0.1) is 11.3 Å². The van der Waals surface area contributed by atoms with Crippen molar-refractivity contribution in [1.82, 2.24) is 5.32 Å². The Labute approximate surface area is 88.1 Å². The van der Waals surface area contributed by atoms with E-state index in [1.165, 1.54) is 34.6 Å². The second-order valence-electron chi connectivity index (χ2n) is 3.45. The smallest absolute Gasteiger partial charge is 0.0580 e. The van der Waals surface area contributed by atoms with Crippen LogP contribution in [-0.2, 0) is 19.3 Å². The lowest BCUT2D eigenvalue weighted by Gasteiger charge is -1.98. The third-order valence-electron chi connectivity index (χ3n) is 2.53. The highest BCUT2D eigenvalue weighted by Crippen LogP contribution is 2.38. The molecule has 1 aliphatic rings. The van der Waals surface area contributed by atoms with E-state index in [0.717, 1.165) is 18.0 Å². The van der Waals surface area contributed by atoms with Crippen molar-refractivity contribution in [3.63, 3.8) is 0 Å². The summed E-state index contributed by atoms with van der Waals surface area (Å²) in [4.78, 5) is 2.91. The van der Waals surface area contributed by atoms with Crippen LogP contribution >= 0.6 is 22.9 Å². The van der Waals surface area contributed by atoms with E-state index in [-0.39, 0.29) is 0 Å². The number of thiophene rings is 1. The van der Waals surface area contributed by atoms with Gasteiger partial charge in [-0.1, -0.05) is 11.6 Å². The number of rotatable bonds is 3. The Morgan fingerprint density at radius 3 is 3.00 bits per heavy atom. The summed E-state index contributed by atoms with van der Waals surface area (Å²) in [6.07, 6.45) is 4.82. The summed E-state index contributed by atoms with van der Waals surface area (Å²) in [5, 5.41) is 4.22. The molecule has 72 valence electrons. The molecule has 1 aliphatic carbocycles. The largest absolute Gasteiger partial charge is 0.319 e. The van der Waals surface area contributed by atoms with Crippen LogP contribution in [0, 0.1) is 0 Å². The molecule has 13 heavy (non-hydrogen) atoms. The van der Waals surface area contributed by atoms with Crippen LogP contribution in [0.5, 0.6) is 0 Å². The highest BCUT2D eigenvalue weighted by molar-refractivity contribution is 7.12. The van der Waals surface area contributed by atoms with E-state index in [1.54, 1.807) is 0 Å². The number of hydrogen-bond donors (Lipinski definition) is 1. The maximum atomic E-state index is 6.29. The Bertz CT molecular complexity index is 306. The predicted molar refractivity (Wildman–Crippen MR) is 59.0 cm³/mol. The van der Waals surface area contributed by atoms with Gasteiger partial charge in [-0.3, -0.25) is 0 Å². The van der Waals surface area contributed by atoms with Crippen LogP contribution < -0.4 is 5.32 Å². The number of halogens is 1. The van der Waals surface area contributed by atoms with Crippen LogP contribution in [0.4, 0.5) is 0 Å². The van der Waals surface area contributed by atoms with E-state index in [2.05, 4.69) is 5.32 Å². The van der Waals surface area contributed by atoms with E-state index in [1.807, 2.05) is 18.4 Å². The molecule has 1 nitrogen and oxygen atoms in total. The molecule has 0 bridgehead atoms. The first-order valence-corrected chi connectivity index (χ1v) is 5.96. The van der Waals surface area contributed by atoms with Gasteiger partial charge < -0.3 is 5.32 Å². The van der Waals surface area contributed by atoms with E-state index in [0.29, 0.717) is 0 Å². The number of hydrogen-bond acceptors (Lipinski definition) is 2. The molecule has 1 aromatic rings. The van der Waals surface area contributed by atoms with Crippen LogP contribution in [-0.4, -0.2) is 13.6 Å². The van der Waals surface area contributed by atoms with Crippen molar-refractivity contribution in [3.8, 4) is 0 Å². The normalized spacial score (nSPS) is 14.9. The topological polar surface area (TPSA) is 12.0 Å². The number of likely N-dealkylation sites (N-methyl/N-ethyl adjacent to an activating group) is 1. The fraction of sp³-hybridized carbons (Fsp3) is 0.600. The van der Waals surface area contributed by atoms with Gasteiger partial charge in [0.25, 0.3) is 0 Å². The maximum Gasteiger partial charge on any atom is 0.0580 e. The summed E-state index contributed by atoms with van der Waals surface area (Å²) in [5.74, 6) is 0. The first kappa shape index (κ1) is 9.50. The molecule has 0 saturated carbocycles. The molecular formula is C10H14ClNS. The Hall–Kier alpha value is -0.0500. The molecule has 0 aromatic carbocycles. The van der Waals surface area contributed by atoms with Gasteiger partial charge in [0.15, 0.2) is 0 Å². The monoisotopic (exact) mass is 215 g/mol. The Morgan fingerprint density at radius 2 is 2.31 bits per heavy atom. The zero-order valence-corrected chi connectivity index (χ0v) is 9.39. The molecule has 0 spiro atoms. The zero-order valence-electron chi connectivity index (χ0n) is 7.82. The molecule has 0 radical (unpaired) electrons. The number of aryl methyl sites for hydroxylation is 1. The maximum absolute atomic E-state index is 6.29. The molecule has 0 atom stereocenters. The molecular weight excluding hydrogens is 202 g/mol. The van der Waals surface area contributed by atoms with Gasteiger partial charge in [0, 0.05) is 9.75 Å². The molecule has 1 N–H and O–H groups in total. The van der Waals surface area contributed by atoms with Crippen LogP contribution in [0.1, 0.15) is 21.7 Å². The summed E-state index contributed by atoms with van der Waals surface area (Å²) in [6.45, 7) is 1.03. The van der Waals surface area contributed by atoms with Crippen molar-refractivity contribution in [2.75, 3.05) is 13.6 Å². The second-order valence-corrected chi connectivity index (χ2v) is 5.02. The molecule has 3 heteroatoms. The van der Waals surface area contributed by atoms with Crippen molar-refractivity contribution < 1.29 is 0 Å². The lowest BCUT2D eigenvalue weighted by molar-refractivity contribution is 0.798. The van der Waals surface area contributed by atoms with Crippen molar-refractivity contribution in [2.24, 2.45) is 0 Å². The van der Waals surface area contributed by atoms with E-state index in [4.69, 9.17) is 11.6 Å². The zero-order chi connectivity index (χ0) is 9.26. The molecule has 2 rings (SSSR count). The average Bonchev–Trinajstić information content (AvgIpc) is 2.67. The summed E-state index contributed by atoms with van der Waals surface area (Å²) in [6, 6.07) is 0. The molecule has 1 heterocycles. The van der Waals surface area contributed by atoms with Crippen LogP contribution in [0.15, 0.2) is 0 Å². The quantitative estimate of drug-likeness (QED) is 0.818. The van der Waals surface area contributed by atoms with Gasteiger partial charge in [0.1, 0.15) is 0 Å². The fourth-order valence-corrected chi connectivity index (χ4v) is 3.58. The summed E-state index contributed by atoms with van der Waals surface area (Å²) < 4.78 is 0. The fourth-order valence-electron chi connectivity index (χ4n) is 1.82. The van der Waals surface area contributed by atoms with Crippen molar-refractivity contribution >= 4 is 22.9 Å². The summed E-state index contributed by atoms with van der Waals surface area (Å²) in [7, 11) is 1.98. The molecule has 0 fully saturated rings. The van der Waals surface area contributed by atoms with E-state index >= 15 is 0 Å². The summed E-state index contributed by atoms with van der Waals surface area (Å²) in [5.41, 5.74) is 1.44. The van der Waals surface area contributed by atoms with Crippen molar-refractivity contribution in [2.45, 2.75) is 25.7 Å². The van der Waals surface area contributed by atoms with E-state index < -0.39 is 0 Å². The van der Waals surface area contributed by atoms with Gasteiger partial charge in [-0.25, -0.2) is 0 Å². The molecule has 0 saturated heterocycles. The standard InChI is InChI=1S/C10H14ClNS/c1-12-6-5-9-10(11)7-3-2-4-8(7)13-9/h12H,2-6H2,1H3. The van der Waals surface area contributed by atoms with Gasteiger partial charge in [-0.2, -0.15) is 0 Å². The Morgan fingerprint density at radius 1 is 1.46 bits per heavy atom. The third kappa shape index (κ3) is 1.76. The minimum absolute atomic E-state index is 1.03. The minimum atomic E-state index is 1.03. The van der Waals surface area contributed by atoms with Crippen LogP contribution in [0.25, 0.3) is 0 Å². The number of fused-ring (bicyclic) bond motifs is 1. The van der Waals surface area contributed by atoms with Gasteiger partial charge in [0.2, 0.25) is 0 Å². The molecule has 0 aliphatic heterocycles. The molecule has 0 unspecified atom stereocenters. The van der Waals surface area contributed by atoms with Crippen LogP contribution in [0.2, 0.25) is 5.02 Å². The van der Waals surface area contributed by atoms with Crippen molar-refractivity contribution in [1.29, 1.82) is 0 Å². The molecule has 0 amide bonds. The molecule has 1 aromatic heterocycles. The van der Waals surface area contributed by atoms with Gasteiger partial charge in [-0.05, 0) is 44.8 Å². The Balaban J connectivity index is 2.18. The van der Waals surface area contributed by atoms with E-state index in [9.17, 15) is 0 Å². The van der Waals surface area contributed by atoms with Gasteiger partial charge >= 0.3 is 0 Å². The SMILES string of the molecule is CNCCc1sc2c(c1Cl)CCC2. The first-order valence-electron chi connectivity index (χ1n) is 4.76. The minimum Gasteiger partial charge on any atom is -0.319 e. The summed E-state index contributed by atoms with van der Waals surface area (Å²) >= 11 is 8.20. The van der Waals surface area contributed by atoms with Crippen LogP contribution in [0.3, 0.4) is 0 Å². The third-order valence-corrected chi connectivity index (χ3v) is 4.45.